The molecule has 1 heterocycles. The van der Waals surface area contributed by atoms with Crippen LogP contribution in [0.5, 0.6) is 5.75 Å². The zero-order valence-corrected chi connectivity index (χ0v) is 8.19. The second-order valence-electron chi connectivity index (χ2n) is 4.05. The Kier molecular flexibility index (Phi) is 2.68. The predicted molar refractivity (Wildman–Crippen MR) is 55.1 cm³/mol. The molecule has 76 valence electrons. The summed E-state index contributed by atoms with van der Waals surface area (Å²) in [4.78, 5) is 4.24. The van der Waals surface area contributed by atoms with Crippen molar-refractivity contribution in [2.24, 2.45) is 5.73 Å². The lowest BCUT2D eigenvalue weighted by molar-refractivity contribution is 0.389. The number of hydrogen-bond acceptors (Lipinski definition) is 3. The first-order valence-electron chi connectivity index (χ1n) is 5.16. The van der Waals surface area contributed by atoms with Gasteiger partial charge in [-0.15, -0.1) is 0 Å². The van der Waals surface area contributed by atoms with E-state index in [1.54, 1.807) is 6.07 Å². The molecule has 1 saturated carbocycles. The van der Waals surface area contributed by atoms with Gasteiger partial charge in [-0.25, -0.2) is 0 Å². The van der Waals surface area contributed by atoms with Gasteiger partial charge < -0.3 is 10.8 Å². The van der Waals surface area contributed by atoms with E-state index in [2.05, 4.69) is 4.98 Å². The Morgan fingerprint density at radius 2 is 1.93 bits per heavy atom. The Bertz CT molecular complexity index is 289. The van der Waals surface area contributed by atoms with Crippen molar-refractivity contribution in [3.05, 3.63) is 24.0 Å². The van der Waals surface area contributed by atoms with E-state index in [4.69, 9.17) is 10.8 Å². The Labute approximate surface area is 84.0 Å². The maximum atomic E-state index is 9.11. The van der Waals surface area contributed by atoms with E-state index >= 15 is 0 Å². The summed E-state index contributed by atoms with van der Waals surface area (Å²) in [5, 5.41) is 9.11. The average molecular weight is 192 g/mol. The molecule has 0 saturated heterocycles. The van der Waals surface area contributed by atoms with Gasteiger partial charge in [-0.2, -0.15) is 0 Å². The van der Waals surface area contributed by atoms with Crippen LogP contribution in [0, 0.1) is 0 Å². The number of aromatic hydroxyl groups is 1. The number of nitrogens with zero attached hydrogens (tertiary/aromatic N) is 1. The lowest BCUT2D eigenvalue weighted by Crippen LogP contribution is -2.25. The largest absolute Gasteiger partial charge is 0.506 e. The summed E-state index contributed by atoms with van der Waals surface area (Å²) in [6, 6.07) is 4.00. The van der Waals surface area contributed by atoms with Gasteiger partial charge in [0.2, 0.25) is 0 Å². The van der Waals surface area contributed by atoms with Crippen LogP contribution >= 0.6 is 0 Å². The standard InChI is InChI=1S/C11H16N2O/c12-9-3-1-8(2-4-9)11-6-5-10(14)7-13-11/h5-9,14H,1-4,12H2/t8-,9-. The topological polar surface area (TPSA) is 59.1 Å². The van der Waals surface area contributed by atoms with E-state index in [1.165, 1.54) is 6.20 Å². The molecule has 0 atom stereocenters. The third-order valence-electron chi connectivity index (χ3n) is 2.96. The van der Waals surface area contributed by atoms with Gasteiger partial charge in [0.1, 0.15) is 5.75 Å². The molecule has 0 unspecified atom stereocenters. The van der Waals surface area contributed by atoms with Gasteiger partial charge in [-0.1, -0.05) is 0 Å². The van der Waals surface area contributed by atoms with Crippen LogP contribution in [0.4, 0.5) is 0 Å². The van der Waals surface area contributed by atoms with E-state index < -0.39 is 0 Å². The predicted octanol–water partition coefficient (Wildman–Crippen LogP) is 1.77. The summed E-state index contributed by atoms with van der Waals surface area (Å²) in [5.74, 6) is 0.775. The summed E-state index contributed by atoms with van der Waals surface area (Å²) in [7, 11) is 0. The van der Waals surface area contributed by atoms with E-state index in [-0.39, 0.29) is 5.75 Å². The summed E-state index contributed by atoms with van der Waals surface area (Å²) < 4.78 is 0. The third-order valence-corrected chi connectivity index (χ3v) is 2.96. The highest BCUT2D eigenvalue weighted by Gasteiger charge is 2.20. The molecular weight excluding hydrogens is 176 g/mol. The Hall–Kier alpha value is -1.09. The quantitative estimate of drug-likeness (QED) is 0.713. The molecular formula is C11H16N2O. The Balaban J connectivity index is 2.05. The van der Waals surface area contributed by atoms with Crippen molar-refractivity contribution in [2.75, 3.05) is 0 Å². The van der Waals surface area contributed by atoms with Gasteiger partial charge in [0.05, 0.1) is 6.20 Å². The lowest BCUT2D eigenvalue weighted by atomic mass is 9.84. The van der Waals surface area contributed by atoms with Crippen molar-refractivity contribution < 1.29 is 5.11 Å². The molecule has 1 aliphatic carbocycles. The molecule has 3 nitrogen and oxygen atoms in total. The summed E-state index contributed by atoms with van der Waals surface area (Å²) in [6.07, 6.45) is 5.95. The maximum absolute atomic E-state index is 9.11. The number of nitrogens with two attached hydrogens (primary N) is 1. The molecule has 0 bridgehead atoms. The van der Waals surface area contributed by atoms with Gasteiger partial charge >= 0.3 is 0 Å². The van der Waals surface area contributed by atoms with Crippen molar-refractivity contribution in [3.8, 4) is 5.75 Å². The van der Waals surface area contributed by atoms with Crippen molar-refractivity contribution >= 4 is 0 Å². The summed E-state index contributed by atoms with van der Waals surface area (Å²) in [5.41, 5.74) is 6.93. The molecule has 0 amide bonds. The SMILES string of the molecule is N[C@H]1CC[C@H](c2ccc(O)cn2)CC1. The second kappa shape index (κ2) is 3.96. The van der Waals surface area contributed by atoms with Crippen LogP contribution in [0.1, 0.15) is 37.3 Å². The number of rotatable bonds is 1. The van der Waals surface area contributed by atoms with Crippen LogP contribution in [0.2, 0.25) is 0 Å². The average Bonchev–Trinajstić information content (AvgIpc) is 2.21. The van der Waals surface area contributed by atoms with Crippen molar-refractivity contribution in [2.45, 2.75) is 37.6 Å². The van der Waals surface area contributed by atoms with Gasteiger partial charge in [-0.3, -0.25) is 4.98 Å². The highest BCUT2D eigenvalue weighted by atomic mass is 16.3. The molecule has 1 aromatic heterocycles. The first kappa shape index (κ1) is 9.46. The van der Waals surface area contributed by atoms with Crippen LogP contribution in [-0.4, -0.2) is 16.1 Å². The lowest BCUT2D eigenvalue weighted by Gasteiger charge is -2.25. The van der Waals surface area contributed by atoms with Crippen LogP contribution in [-0.2, 0) is 0 Å². The minimum atomic E-state index is 0.237. The number of pyridine rings is 1. The molecule has 0 radical (unpaired) electrons. The first-order chi connectivity index (χ1) is 6.75. The molecule has 1 fully saturated rings. The second-order valence-corrected chi connectivity index (χ2v) is 4.05. The number of aromatic nitrogens is 1. The molecule has 3 heteroatoms. The van der Waals surface area contributed by atoms with Crippen molar-refractivity contribution in [1.82, 2.24) is 4.98 Å². The fourth-order valence-corrected chi connectivity index (χ4v) is 2.05. The summed E-state index contributed by atoms with van der Waals surface area (Å²) >= 11 is 0. The molecule has 3 N–H and O–H groups in total. The highest BCUT2D eigenvalue weighted by Crippen LogP contribution is 2.31. The monoisotopic (exact) mass is 192 g/mol. The van der Waals surface area contributed by atoms with Crippen LogP contribution in [0.3, 0.4) is 0 Å². The van der Waals surface area contributed by atoms with Gasteiger partial charge in [-0.05, 0) is 37.8 Å². The van der Waals surface area contributed by atoms with Gasteiger partial charge in [0, 0.05) is 17.7 Å². The van der Waals surface area contributed by atoms with Crippen LogP contribution < -0.4 is 5.73 Å². The smallest absolute Gasteiger partial charge is 0.133 e. The van der Waals surface area contributed by atoms with Crippen molar-refractivity contribution in [1.29, 1.82) is 0 Å². The van der Waals surface area contributed by atoms with Crippen LogP contribution in [0.15, 0.2) is 18.3 Å². The first-order valence-corrected chi connectivity index (χ1v) is 5.16. The Morgan fingerprint density at radius 3 is 2.50 bits per heavy atom. The maximum Gasteiger partial charge on any atom is 0.133 e. The molecule has 0 aliphatic heterocycles. The van der Waals surface area contributed by atoms with Crippen LogP contribution in [0.25, 0.3) is 0 Å². The number of hydrogen-bond donors (Lipinski definition) is 2. The molecule has 0 spiro atoms. The Morgan fingerprint density at radius 1 is 1.21 bits per heavy atom. The molecule has 1 aliphatic rings. The van der Waals surface area contributed by atoms with E-state index in [9.17, 15) is 0 Å². The third kappa shape index (κ3) is 2.04. The molecule has 14 heavy (non-hydrogen) atoms. The highest BCUT2D eigenvalue weighted by molar-refractivity contribution is 5.20. The minimum Gasteiger partial charge on any atom is -0.506 e. The summed E-state index contributed by atoms with van der Waals surface area (Å²) in [6.45, 7) is 0. The minimum absolute atomic E-state index is 0.237. The van der Waals surface area contributed by atoms with E-state index in [0.717, 1.165) is 31.4 Å². The van der Waals surface area contributed by atoms with Gasteiger partial charge in [0.15, 0.2) is 0 Å². The van der Waals surface area contributed by atoms with Crippen molar-refractivity contribution in [3.63, 3.8) is 0 Å². The fraction of sp³-hybridized carbons (Fsp3) is 0.545. The molecule has 1 aromatic rings. The zero-order chi connectivity index (χ0) is 9.97. The normalized spacial score (nSPS) is 27.5. The fourth-order valence-electron chi connectivity index (χ4n) is 2.05. The molecule has 2 rings (SSSR count). The molecule has 0 aromatic carbocycles. The van der Waals surface area contributed by atoms with Gasteiger partial charge in [0.25, 0.3) is 0 Å². The zero-order valence-electron chi connectivity index (χ0n) is 8.19. The van der Waals surface area contributed by atoms with E-state index in [1.807, 2.05) is 6.07 Å². The van der Waals surface area contributed by atoms with E-state index in [0.29, 0.717) is 12.0 Å².